The van der Waals surface area contributed by atoms with Gasteiger partial charge in [-0.25, -0.2) is 4.39 Å². The number of nitrogens with zero attached hydrogens (tertiary/aromatic N) is 1. The second-order valence-electron chi connectivity index (χ2n) is 3.88. The molecule has 0 aliphatic carbocycles. The number of rotatable bonds is 2. The Morgan fingerprint density at radius 1 is 1.38 bits per heavy atom. The van der Waals surface area contributed by atoms with Crippen molar-refractivity contribution in [1.29, 1.82) is 5.26 Å². The SMILES string of the molecule is N#Cc1ccc(NC(=O)c2ccc(C#CCO)s2)c(F)c1. The predicted molar refractivity (Wildman–Crippen MR) is 77.4 cm³/mol. The number of nitriles is 1. The lowest BCUT2D eigenvalue weighted by Gasteiger charge is -2.04. The Labute approximate surface area is 124 Å². The van der Waals surface area contributed by atoms with Crippen molar-refractivity contribution in [3.8, 4) is 17.9 Å². The quantitative estimate of drug-likeness (QED) is 0.836. The third-order valence-corrected chi connectivity index (χ3v) is 3.47. The van der Waals surface area contributed by atoms with Crippen molar-refractivity contribution in [1.82, 2.24) is 0 Å². The lowest BCUT2D eigenvalue weighted by atomic mass is 10.2. The summed E-state index contributed by atoms with van der Waals surface area (Å²) in [6.45, 7) is -0.254. The minimum atomic E-state index is -0.667. The van der Waals surface area contributed by atoms with E-state index in [4.69, 9.17) is 10.4 Å². The predicted octanol–water partition coefficient (Wildman–Crippen LogP) is 2.35. The molecule has 0 unspecified atom stereocenters. The van der Waals surface area contributed by atoms with E-state index in [1.807, 2.05) is 6.07 Å². The van der Waals surface area contributed by atoms with Gasteiger partial charge in [-0.05, 0) is 30.3 Å². The van der Waals surface area contributed by atoms with Crippen LogP contribution >= 0.6 is 11.3 Å². The van der Waals surface area contributed by atoms with Gasteiger partial charge >= 0.3 is 0 Å². The molecule has 104 valence electrons. The van der Waals surface area contributed by atoms with Crippen LogP contribution in [-0.2, 0) is 0 Å². The zero-order valence-electron chi connectivity index (χ0n) is 10.7. The Balaban J connectivity index is 2.15. The van der Waals surface area contributed by atoms with Crippen molar-refractivity contribution >= 4 is 22.9 Å². The number of aliphatic hydroxyl groups excluding tert-OH is 1. The summed E-state index contributed by atoms with van der Waals surface area (Å²) in [5.74, 6) is 4.05. The molecule has 6 heteroatoms. The minimum absolute atomic E-state index is 0.00962. The van der Waals surface area contributed by atoms with Crippen molar-refractivity contribution < 1.29 is 14.3 Å². The third kappa shape index (κ3) is 3.67. The number of anilines is 1. The van der Waals surface area contributed by atoms with Crippen LogP contribution in [0, 0.1) is 29.0 Å². The zero-order chi connectivity index (χ0) is 15.2. The molecule has 0 radical (unpaired) electrons. The number of hydrogen-bond donors (Lipinski definition) is 2. The molecule has 0 fully saturated rings. The van der Waals surface area contributed by atoms with Crippen LogP contribution in [0.1, 0.15) is 20.1 Å². The number of benzene rings is 1. The van der Waals surface area contributed by atoms with E-state index < -0.39 is 11.7 Å². The van der Waals surface area contributed by atoms with Gasteiger partial charge < -0.3 is 10.4 Å². The molecule has 2 rings (SSSR count). The summed E-state index contributed by atoms with van der Waals surface area (Å²) >= 11 is 1.14. The maximum Gasteiger partial charge on any atom is 0.265 e. The summed E-state index contributed by atoms with van der Waals surface area (Å²) in [6, 6.07) is 8.86. The highest BCUT2D eigenvalue weighted by Crippen LogP contribution is 2.20. The fourth-order valence-corrected chi connectivity index (χ4v) is 2.30. The molecule has 4 nitrogen and oxygen atoms in total. The minimum Gasteiger partial charge on any atom is -0.384 e. The van der Waals surface area contributed by atoms with E-state index in [9.17, 15) is 9.18 Å². The summed E-state index contributed by atoms with van der Waals surface area (Å²) in [5, 5.41) is 19.7. The molecule has 0 bridgehead atoms. The molecular weight excluding hydrogens is 291 g/mol. The third-order valence-electron chi connectivity index (χ3n) is 2.47. The van der Waals surface area contributed by atoms with Crippen molar-refractivity contribution in [3.05, 3.63) is 51.5 Å². The Morgan fingerprint density at radius 3 is 2.86 bits per heavy atom. The topological polar surface area (TPSA) is 73.1 Å². The van der Waals surface area contributed by atoms with Gasteiger partial charge in [0.05, 0.1) is 27.1 Å². The van der Waals surface area contributed by atoms with Crippen molar-refractivity contribution in [2.24, 2.45) is 0 Å². The summed E-state index contributed by atoms with van der Waals surface area (Å²) in [5.41, 5.74) is 0.193. The van der Waals surface area contributed by atoms with E-state index in [0.29, 0.717) is 9.75 Å². The van der Waals surface area contributed by atoms with Crippen LogP contribution in [0.25, 0.3) is 0 Å². The Morgan fingerprint density at radius 2 is 2.19 bits per heavy atom. The van der Waals surface area contributed by atoms with E-state index in [1.165, 1.54) is 12.1 Å². The van der Waals surface area contributed by atoms with Gasteiger partial charge in [-0.1, -0.05) is 11.8 Å². The monoisotopic (exact) mass is 300 g/mol. The number of amides is 1. The van der Waals surface area contributed by atoms with Crippen LogP contribution in [0.15, 0.2) is 30.3 Å². The molecule has 21 heavy (non-hydrogen) atoms. The van der Waals surface area contributed by atoms with Crippen LogP contribution in [0.4, 0.5) is 10.1 Å². The molecule has 0 saturated heterocycles. The Kier molecular flexibility index (Phi) is 4.68. The molecular formula is C15H9FN2O2S. The largest absolute Gasteiger partial charge is 0.384 e. The van der Waals surface area contributed by atoms with Gasteiger partial charge in [-0.3, -0.25) is 4.79 Å². The highest BCUT2D eigenvalue weighted by Gasteiger charge is 2.12. The summed E-state index contributed by atoms with van der Waals surface area (Å²) in [6.07, 6.45) is 0. The Bertz CT molecular complexity index is 781. The number of carbonyl (C=O) groups excluding carboxylic acids is 1. The lowest BCUT2D eigenvalue weighted by molar-refractivity contribution is 0.103. The van der Waals surface area contributed by atoms with Crippen LogP contribution in [-0.4, -0.2) is 17.6 Å². The van der Waals surface area contributed by atoms with E-state index >= 15 is 0 Å². The smallest absolute Gasteiger partial charge is 0.265 e. The first kappa shape index (κ1) is 14.7. The maximum atomic E-state index is 13.7. The number of halogens is 1. The molecule has 0 atom stereocenters. The van der Waals surface area contributed by atoms with Gasteiger partial charge in [-0.2, -0.15) is 5.26 Å². The van der Waals surface area contributed by atoms with Crippen LogP contribution in [0.2, 0.25) is 0 Å². The van der Waals surface area contributed by atoms with Crippen molar-refractivity contribution in [2.45, 2.75) is 0 Å². The van der Waals surface area contributed by atoms with Gasteiger partial charge in [0, 0.05) is 0 Å². The van der Waals surface area contributed by atoms with Gasteiger partial charge in [0.15, 0.2) is 0 Å². The molecule has 2 N–H and O–H groups in total. The van der Waals surface area contributed by atoms with E-state index in [1.54, 1.807) is 12.1 Å². The van der Waals surface area contributed by atoms with Gasteiger partial charge in [0.1, 0.15) is 12.4 Å². The van der Waals surface area contributed by atoms with Crippen molar-refractivity contribution in [3.63, 3.8) is 0 Å². The van der Waals surface area contributed by atoms with Crippen molar-refractivity contribution in [2.75, 3.05) is 11.9 Å². The lowest BCUT2D eigenvalue weighted by Crippen LogP contribution is -2.11. The molecule has 0 spiro atoms. The number of carbonyl (C=O) groups is 1. The standard InChI is InChI=1S/C15H9FN2O2S/c16-12-8-10(9-17)3-5-13(12)18-15(20)14-6-4-11(21-14)2-1-7-19/h3-6,8,19H,7H2,(H,18,20). The highest BCUT2D eigenvalue weighted by molar-refractivity contribution is 7.14. The molecule has 1 aromatic carbocycles. The first-order valence-corrected chi connectivity index (χ1v) is 6.66. The molecule has 1 heterocycles. The fourth-order valence-electron chi connectivity index (χ4n) is 1.52. The molecule has 2 aromatic rings. The number of nitrogens with one attached hydrogen (secondary N) is 1. The average molecular weight is 300 g/mol. The second kappa shape index (κ2) is 6.67. The van der Waals surface area contributed by atoms with Crippen LogP contribution in [0.5, 0.6) is 0 Å². The van der Waals surface area contributed by atoms with E-state index in [2.05, 4.69) is 17.2 Å². The summed E-state index contributed by atoms with van der Waals surface area (Å²) in [7, 11) is 0. The van der Waals surface area contributed by atoms with Crippen LogP contribution < -0.4 is 5.32 Å². The summed E-state index contributed by atoms with van der Waals surface area (Å²) in [4.78, 5) is 13.0. The van der Waals surface area contributed by atoms with Gasteiger partial charge in [0.2, 0.25) is 0 Å². The number of aliphatic hydroxyl groups is 1. The molecule has 0 aliphatic heterocycles. The molecule has 1 aromatic heterocycles. The van der Waals surface area contributed by atoms with E-state index in [-0.39, 0.29) is 17.9 Å². The fraction of sp³-hybridized carbons (Fsp3) is 0.0667. The maximum absolute atomic E-state index is 13.7. The number of thiophene rings is 1. The van der Waals surface area contributed by atoms with E-state index in [0.717, 1.165) is 17.4 Å². The second-order valence-corrected chi connectivity index (χ2v) is 4.97. The summed E-state index contributed by atoms with van der Waals surface area (Å²) < 4.78 is 13.7. The average Bonchev–Trinajstić information content (AvgIpc) is 2.96. The highest BCUT2D eigenvalue weighted by atomic mass is 32.1. The zero-order valence-corrected chi connectivity index (χ0v) is 11.5. The first-order chi connectivity index (χ1) is 10.1. The molecule has 0 saturated carbocycles. The normalized spacial score (nSPS) is 9.38. The Hall–Kier alpha value is -2.67. The molecule has 0 aliphatic rings. The van der Waals surface area contributed by atoms with Gasteiger partial charge in [0.25, 0.3) is 5.91 Å². The number of hydrogen-bond acceptors (Lipinski definition) is 4. The molecule has 1 amide bonds. The first-order valence-electron chi connectivity index (χ1n) is 5.84. The van der Waals surface area contributed by atoms with Crippen LogP contribution in [0.3, 0.4) is 0 Å². The van der Waals surface area contributed by atoms with Gasteiger partial charge in [-0.15, -0.1) is 11.3 Å².